The fourth-order valence-corrected chi connectivity index (χ4v) is 0.993. The molecule has 2 N–H and O–H groups in total. The predicted molar refractivity (Wildman–Crippen MR) is 57.4 cm³/mol. The molecule has 0 radical (unpaired) electrons. The van der Waals surface area contributed by atoms with Crippen molar-refractivity contribution in [3.05, 3.63) is 0 Å². The fraction of sp³-hybridized carbons (Fsp3) is 0.800. The number of alkyl halides is 2. The van der Waals surface area contributed by atoms with E-state index in [0.717, 1.165) is 0 Å². The molecule has 0 aromatic carbocycles. The van der Waals surface area contributed by atoms with Crippen LogP contribution in [0.2, 0.25) is 0 Å². The summed E-state index contributed by atoms with van der Waals surface area (Å²) in [4.78, 5) is 21.7. The van der Waals surface area contributed by atoms with Crippen LogP contribution >= 0.6 is 0 Å². The molecule has 0 saturated carbocycles. The second kappa shape index (κ2) is 7.10. The van der Waals surface area contributed by atoms with Gasteiger partial charge in [0.2, 0.25) is 0 Å². The molecule has 18 heavy (non-hydrogen) atoms. The number of halogens is 2. The first-order chi connectivity index (χ1) is 8.11. The molecule has 0 saturated heterocycles. The van der Waals surface area contributed by atoms with Gasteiger partial charge in [-0.1, -0.05) is 0 Å². The van der Waals surface area contributed by atoms with Gasteiger partial charge in [0.05, 0.1) is 0 Å². The molecule has 0 aliphatic heterocycles. The molecule has 0 rings (SSSR count). The molecule has 0 unspecified atom stereocenters. The topological polar surface area (TPSA) is 84.9 Å². The van der Waals surface area contributed by atoms with Crippen LogP contribution in [0.4, 0.5) is 13.6 Å². The Balaban J connectivity index is 4.00. The molecule has 0 heterocycles. The predicted octanol–water partition coefficient (Wildman–Crippen LogP) is 1.59. The van der Waals surface area contributed by atoms with Crippen molar-refractivity contribution in [2.24, 2.45) is 0 Å². The third-order valence-electron chi connectivity index (χ3n) is 1.62. The highest BCUT2D eigenvalue weighted by atomic mass is 19.3. The van der Waals surface area contributed by atoms with Gasteiger partial charge in [0.15, 0.2) is 6.10 Å². The standard InChI is InChI=1S/C10H17F2NO5/c1-10(2,3)18-9(16)13-5-4-6(7(14)15)17-8(11)12/h6,8H,4-5H2,1-3H3,(H,13,16)(H,14,15)/t6-/m1/s1. The Kier molecular flexibility index (Phi) is 6.53. The molecule has 106 valence electrons. The van der Waals surface area contributed by atoms with E-state index in [0.29, 0.717) is 0 Å². The molecule has 0 aromatic heterocycles. The van der Waals surface area contributed by atoms with Gasteiger partial charge >= 0.3 is 18.7 Å². The molecular formula is C10H17F2NO5. The molecular weight excluding hydrogens is 252 g/mol. The van der Waals surface area contributed by atoms with Crippen molar-refractivity contribution in [3.63, 3.8) is 0 Å². The Labute approximate surface area is 103 Å². The molecule has 0 fully saturated rings. The molecule has 0 spiro atoms. The van der Waals surface area contributed by atoms with Crippen molar-refractivity contribution in [1.29, 1.82) is 0 Å². The van der Waals surface area contributed by atoms with Crippen molar-refractivity contribution in [2.75, 3.05) is 6.54 Å². The average Bonchev–Trinajstić information content (AvgIpc) is 2.12. The van der Waals surface area contributed by atoms with Crippen molar-refractivity contribution in [1.82, 2.24) is 5.32 Å². The second-order valence-corrected chi connectivity index (χ2v) is 4.44. The Hall–Kier alpha value is -1.44. The number of hydrogen-bond acceptors (Lipinski definition) is 4. The van der Waals surface area contributed by atoms with E-state index >= 15 is 0 Å². The zero-order chi connectivity index (χ0) is 14.3. The number of rotatable bonds is 6. The summed E-state index contributed by atoms with van der Waals surface area (Å²) in [5.41, 5.74) is -0.685. The molecule has 8 heteroatoms. The summed E-state index contributed by atoms with van der Waals surface area (Å²) in [6.07, 6.45) is -2.69. The smallest absolute Gasteiger partial charge is 0.407 e. The maximum absolute atomic E-state index is 11.9. The van der Waals surface area contributed by atoms with Crippen LogP contribution in [0.25, 0.3) is 0 Å². The van der Waals surface area contributed by atoms with Gasteiger partial charge in [-0.05, 0) is 20.8 Å². The maximum Gasteiger partial charge on any atom is 0.407 e. The number of alkyl carbamates (subject to hydrolysis) is 1. The first-order valence-electron chi connectivity index (χ1n) is 5.25. The molecule has 0 aliphatic rings. The monoisotopic (exact) mass is 269 g/mol. The summed E-state index contributed by atoms with van der Waals surface area (Å²) in [6, 6.07) is 0. The number of carboxylic acids is 1. The number of amides is 1. The van der Waals surface area contributed by atoms with Gasteiger partial charge in [-0.2, -0.15) is 8.78 Å². The highest BCUT2D eigenvalue weighted by molar-refractivity contribution is 5.72. The summed E-state index contributed by atoms with van der Waals surface area (Å²) < 4.78 is 32.5. The summed E-state index contributed by atoms with van der Waals surface area (Å²) in [5.74, 6) is -1.51. The average molecular weight is 269 g/mol. The Bertz CT molecular complexity index is 290. The maximum atomic E-state index is 11.9. The lowest BCUT2D eigenvalue weighted by Gasteiger charge is -2.20. The summed E-state index contributed by atoms with van der Waals surface area (Å²) >= 11 is 0. The van der Waals surface area contributed by atoms with Gasteiger partial charge in [0, 0.05) is 13.0 Å². The lowest BCUT2D eigenvalue weighted by atomic mass is 10.2. The van der Waals surface area contributed by atoms with Crippen LogP contribution in [0, 0.1) is 0 Å². The van der Waals surface area contributed by atoms with Gasteiger partial charge in [-0.15, -0.1) is 0 Å². The molecule has 0 aromatic rings. The van der Waals surface area contributed by atoms with Gasteiger partial charge in [-0.3, -0.25) is 0 Å². The first kappa shape index (κ1) is 16.6. The van der Waals surface area contributed by atoms with Gasteiger partial charge in [0.25, 0.3) is 0 Å². The molecule has 0 aliphatic carbocycles. The molecule has 6 nitrogen and oxygen atoms in total. The van der Waals surface area contributed by atoms with E-state index in [9.17, 15) is 18.4 Å². The Morgan fingerprint density at radius 2 is 1.89 bits per heavy atom. The van der Waals surface area contributed by atoms with Crippen LogP contribution in [-0.4, -0.2) is 42.0 Å². The molecule has 0 bridgehead atoms. The van der Waals surface area contributed by atoms with Crippen LogP contribution in [0.1, 0.15) is 27.2 Å². The number of hydrogen-bond donors (Lipinski definition) is 2. The van der Waals surface area contributed by atoms with Crippen LogP contribution in [0.15, 0.2) is 0 Å². The number of carbonyl (C=O) groups excluding carboxylic acids is 1. The number of carbonyl (C=O) groups is 2. The lowest BCUT2D eigenvalue weighted by Crippen LogP contribution is -2.36. The van der Waals surface area contributed by atoms with Crippen LogP contribution in [0.3, 0.4) is 0 Å². The van der Waals surface area contributed by atoms with Crippen molar-refractivity contribution in [2.45, 2.75) is 45.5 Å². The number of nitrogens with one attached hydrogen (secondary N) is 1. The highest BCUT2D eigenvalue weighted by Crippen LogP contribution is 2.07. The van der Waals surface area contributed by atoms with Crippen LogP contribution in [0.5, 0.6) is 0 Å². The Morgan fingerprint density at radius 1 is 1.33 bits per heavy atom. The number of ether oxygens (including phenoxy) is 2. The zero-order valence-electron chi connectivity index (χ0n) is 10.4. The normalized spacial score (nSPS) is 13.2. The molecule has 1 atom stereocenters. The fourth-order valence-electron chi connectivity index (χ4n) is 0.993. The first-order valence-corrected chi connectivity index (χ1v) is 5.25. The summed E-state index contributed by atoms with van der Waals surface area (Å²) in [5, 5.41) is 10.8. The lowest BCUT2D eigenvalue weighted by molar-refractivity contribution is -0.187. The Morgan fingerprint density at radius 3 is 2.28 bits per heavy atom. The van der Waals surface area contributed by atoms with Crippen molar-refractivity contribution in [3.8, 4) is 0 Å². The summed E-state index contributed by atoms with van der Waals surface area (Å²) in [7, 11) is 0. The van der Waals surface area contributed by atoms with E-state index in [2.05, 4.69) is 10.1 Å². The van der Waals surface area contributed by atoms with E-state index in [1.807, 2.05) is 0 Å². The van der Waals surface area contributed by atoms with Gasteiger partial charge in [-0.25, -0.2) is 9.59 Å². The van der Waals surface area contributed by atoms with E-state index in [1.165, 1.54) is 0 Å². The largest absolute Gasteiger partial charge is 0.479 e. The quantitative estimate of drug-likeness (QED) is 0.765. The minimum absolute atomic E-state index is 0.140. The number of carboxylic acid groups (broad SMARTS) is 1. The minimum atomic E-state index is -3.17. The van der Waals surface area contributed by atoms with E-state index < -0.39 is 30.4 Å². The van der Waals surface area contributed by atoms with Crippen molar-refractivity contribution >= 4 is 12.1 Å². The van der Waals surface area contributed by atoms with E-state index in [-0.39, 0.29) is 13.0 Å². The van der Waals surface area contributed by atoms with Gasteiger partial charge < -0.3 is 19.9 Å². The number of aliphatic carboxylic acids is 1. The van der Waals surface area contributed by atoms with Crippen LogP contribution < -0.4 is 5.32 Å². The zero-order valence-corrected chi connectivity index (χ0v) is 10.4. The van der Waals surface area contributed by atoms with Gasteiger partial charge in [0.1, 0.15) is 5.60 Å². The van der Waals surface area contributed by atoms with E-state index in [1.54, 1.807) is 20.8 Å². The highest BCUT2D eigenvalue weighted by Gasteiger charge is 2.23. The third kappa shape index (κ3) is 8.68. The van der Waals surface area contributed by atoms with Crippen molar-refractivity contribution < 1.29 is 33.0 Å². The third-order valence-corrected chi connectivity index (χ3v) is 1.62. The molecule has 1 amide bonds. The SMILES string of the molecule is CC(C)(C)OC(=O)NCC[C@@H](OC(F)F)C(=O)O. The second-order valence-electron chi connectivity index (χ2n) is 4.44. The van der Waals surface area contributed by atoms with E-state index in [4.69, 9.17) is 9.84 Å². The van der Waals surface area contributed by atoms with Crippen LogP contribution in [-0.2, 0) is 14.3 Å². The summed E-state index contributed by atoms with van der Waals surface area (Å²) in [6.45, 7) is 1.66. The minimum Gasteiger partial charge on any atom is -0.479 e.